The number of benzene rings is 2. The molecule has 1 heterocycles. The summed E-state index contributed by atoms with van der Waals surface area (Å²) in [6.07, 6.45) is 3.09. The van der Waals surface area contributed by atoms with Crippen LogP contribution < -0.4 is 15.1 Å². The van der Waals surface area contributed by atoms with Gasteiger partial charge in [0.1, 0.15) is 17.8 Å². The predicted molar refractivity (Wildman–Crippen MR) is 103 cm³/mol. The van der Waals surface area contributed by atoms with Gasteiger partial charge in [-0.2, -0.15) is 0 Å². The van der Waals surface area contributed by atoms with E-state index in [2.05, 4.69) is 0 Å². The summed E-state index contributed by atoms with van der Waals surface area (Å²) >= 11 is 0. The normalized spacial score (nSPS) is 12.6. The van der Waals surface area contributed by atoms with E-state index in [1.165, 1.54) is 31.4 Å². The van der Waals surface area contributed by atoms with Gasteiger partial charge in [-0.3, -0.25) is 0 Å². The molecule has 6 heteroatoms. The number of fused-ring (bicyclic) bond motifs is 2. The molecule has 6 nitrogen and oxygen atoms in total. The maximum atomic E-state index is 12.6. The standard InChI is InChI=1S/C22H20O6/c1-25-18-8-4-7-16(21(18)26-2)22(24)27-12-15-11-20(23)28-19-10-14-6-3-5-13(14)9-17(15)19/h4,7-11H,3,5-6,12H2,1-2H3. The number of para-hydroxylation sites is 1. The van der Waals surface area contributed by atoms with Gasteiger partial charge in [0.2, 0.25) is 0 Å². The second-order valence-corrected chi connectivity index (χ2v) is 6.68. The first-order valence-electron chi connectivity index (χ1n) is 9.07. The van der Waals surface area contributed by atoms with E-state index >= 15 is 0 Å². The molecule has 1 aliphatic rings. The quantitative estimate of drug-likeness (QED) is 0.497. The van der Waals surface area contributed by atoms with Crippen molar-refractivity contribution in [2.75, 3.05) is 14.2 Å². The van der Waals surface area contributed by atoms with Gasteiger partial charge in [-0.25, -0.2) is 9.59 Å². The van der Waals surface area contributed by atoms with E-state index in [4.69, 9.17) is 18.6 Å². The van der Waals surface area contributed by atoms with E-state index in [9.17, 15) is 9.59 Å². The van der Waals surface area contributed by atoms with Crippen LogP contribution in [-0.2, 0) is 24.2 Å². The number of esters is 1. The Hall–Kier alpha value is -3.28. The first kappa shape index (κ1) is 18.1. The summed E-state index contributed by atoms with van der Waals surface area (Å²) in [6, 6.07) is 10.3. The molecule has 0 atom stereocenters. The van der Waals surface area contributed by atoms with Gasteiger partial charge in [-0.1, -0.05) is 6.07 Å². The highest BCUT2D eigenvalue weighted by atomic mass is 16.5. The number of carbonyl (C=O) groups excluding carboxylic acids is 1. The average molecular weight is 380 g/mol. The van der Waals surface area contributed by atoms with Gasteiger partial charge in [-0.05, 0) is 54.7 Å². The number of carbonyl (C=O) groups is 1. The van der Waals surface area contributed by atoms with Crippen LogP contribution >= 0.6 is 0 Å². The Morgan fingerprint density at radius 2 is 1.86 bits per heavy atom. The maximum Gasteiger partial charge on any atom is 0.342 e. The molecule has 0 amide bonds. The van der Waals surface area contributed by atoms with E-state index in [0.717, 1.165) is 24.6 Å². The summed E-state index contributed by atoms with van der Waals surface area (Å²) < 4.78 is 21.3. The molecule has 4 rings (SSSR count). The molecule has 0 saturated carbocycles. The Labute approximate surface area is 161 Å². The molecule has 0 radical (unpaired) electrons. The second kappa shape index (κ2) is 7.38. The van der Waals surface area contributed by atoms with Gasteiger partial charge in [0.25, 0.3) is 0 Å². The van der Waals surface area contributed by atoms with Crippen molar-refractivity contribution < 1.29 is 23.4 Å². The van der Waals surface area contributed by atoms with Gasteiger partial charge >= 0.3 is 11.6 Å². The van der Waals surface area contributed by atoms with Gasteiger partial charge in [0.15, 0.2) is 11.5 Å². The SMILES string of the molecule is COc1cccc(C(=O)OCc2cc(=O)oc3cc4c(cc23)CCC4)c1OC. The Balaban J connectivity index is 1.64. The Morgan fingerprint density at radius 1 is 1.07 bits per heavy atom. The fourth-order valence-electron chi connectivity index (χ4n) is 3.68. The van der Waals surface area contributed by atoms with Crippen LogP contribution in [0.15, 0.2) is 45.6 Å². The van der Waals surface area contributed by atoms with Crippen LogP contribution in [0.2, 0.25) is 0 Å². The zero-order valence-corrected chi connectivity index (χ0v) is 15.7. The molecule has 2 aromatic carbocycles. The van der Waals surface area contributed by atoms with E-state index in [1.54, 1.807) is 18.2 Å². The number of methoxy groups -OCH3 is 2. The summed E-state index contributed by atoms with van der Waals surface area (Å²) in [7, 11) is 2.96. The molecule has 0 spiro atoms. The number of aryl methyl sites for hydroxylation is 2. The molecular formula is C22H20O6. The monoisotopic (exact) mass is 380 g/mol. The summed E-state index contributed by atoms with van der Waals surface area (Å²) in [6.45, 7) is -0.0416. The highest BCUT2D eigenvalue weighted by Gasteiger charge is 2.19. The van der Waals surface area contributed by atoms with Gasteiger partial charge < -0.3 is 18.6 Å². The van der Waals surface area contributed by atoms with E-state index in [-0.39, 0.29) is 12.2 Å². The molecule has 144 valence electrons. The fraction of sp³-hybridized carbons (Fsp3) is 0.273. The molecule has 3 aromatic rings. The molecule has 1 aliphatic carbocycles. The van der Waals surface area contributed by atoms with Crippen molar-refractivity contribution in [3.05, 3.63) is 69.1 Å². The van der Waals surface area contributed by atoms with Crippen LogP contribution in [0, 0.1) is 0 Å². The summed E-state index contributed by atoms with van der Waals surface area (Å²) in [5.74, 6) is 0.196. The minimum Gasteiger partial charge on any atom is -0.493 e. The molecule has 0 aliphatic heterocycles. The molecule has 28 heavy (non-hydrogen) atoms. The molecular weight excluding hydrogens is 360 g/mol. The smallest absolute Gasteiger partial charge is 0.342 e. The number of hydrogen-bond acceptors (Lipinski definition) is 6. The molecule has 0 N–H and O–H groups in total. The van der Waals surface area contributed by atoms with Gasteiger partial charge in [0.05, 0.1) is 14.2 Å². The topological polar surface area (TPSA) is 75.0 Å². The lowest BCUT2D eigenvalue weighted by Crippen LogP contribution is -2.10. The number of hydrogen-bond donors (Lipinski definition) is 0. The third kappa shape index (κ3) is 3.22. The van der Waals surface area contributed by atoms with Crippen molar-refractivity contribution in [3.8, 4) is 11.5 Å². The zero-order chi connectivity index (χ0) is 19.7. The van der Waals surface area contributed by atoms with Crippen LogP contribution in [0.4, 0.5) is 0 Å². The first-order chi connectivity index (χ1) is 13.6. The van der Waals surface area contributed by atoms with Gasteiger partial charge in [-0.15, -0.1) is 0 Å². The van der Waals surface area contributed by atoms with Crippen molar-refractivity contribution in [1.29, 1.82) is 0 Å². The average Bonchev–Trinajstić information content (AvgIpc) is 3.16. The highest BCUT2D eigenvalue weighted by Crippen LogP contribution is 2.32. The third-order valence-corrected chi connectivity index (χ3v) is 5.02. The summed E-state index contributed by atoms with van der Waals surface area (Å²) in [4.78, 5) is 24.6. The molecule has 0 fully saturated rings. The summed E-state index contributed by atoms with van der Waals surface area (Å²) in [5, 5.41) is 0.797. The van der Waals surface area contributed by atoms with Crippen molar-refractivity contribution >= 4 is 16.9 Å². The van der Waals surface area contributed by atoms with Crippen LogP contribution in [0.1, 0.15) is 33.5 Å². The second-order valence-electron chi connectivity index (χ2n) is 6.68. The van der Waals surface area contributed by atoms with Crippen molar-refractivity contribution in [2.45, 2.75) is 25.9 Å². The zero-order valence-electron chi connectivity index (χ0n) is 15.7. The van der Waals surface area contributed by atoms with Crippen LogP contribution in [0.3, 0.4) is 0 Å². The minimum atomic E-state index is -0.557. The molecule has 0 unspecified atom stereocenters. The van der Waals surface area contributed by atoms with Crippen LogP contribution in [0.5, 0.6) is 11.5 Å². The van der Waals surface area contributed by atoms with E-state index in [0.29, 0.717) is 22.6 Å². The Kier molecular flexibility index (Phi) is 4.77. The van der Waals surface area contributed by atoms with Gasteiger partial charge in [0, 0.05) is 17.0 Å². The van der Waals surface area contributed by atoms with Crippen LogP contribution in [-0.4, -0.2) is 20.2 Å². The molecule has 0 saturated heterocycles. The van der Waals surface area contributed by atoms with Crippen molar-refractivity contribution in [1.82, 2.24) is 0 Å². The van der Waals surface area contributed by atoms with E-state index in [1.807, 2.05) is 12.1 Å². The summed E-state index contributed by atoms with van der Waals surface area (Å²) in [5.41, 5.74) is 3.41. The van der Waals surface area contributed by atoms with Crippen LogP contribution in [0.25, 0.3) is 11.0 Å². The number of rotatable bonds is 5. The highest BCUT2D eigenvalue weighted by molar-refractivity contribution is 5.93. The molecule has 0 bridgehead atoms. The maximum absolute atomic E-state index is 12.6. The lowest BCUT2D eigenvalue weighted by atomic mass is 10.0. The predicted octanol–water partition coefficient (Wildman–Crippen LogP) is 3.66. The largest absolute Gasteiger partial charge is 0.493 e. The third-order valence-electron chi connectivity index (χ3n) is 5.02. The lowest BCUT2D eigenvalue weighted by molar-refractivity contribution is 0.0469. The molecule has 1 aromatic heterocycles. The Bertz CT molecular complexity index is 1110. The number of ether oxygens (including phenoxy) is 3. The lowest BCUT2D eigenvalue weighted by Gasteiger charge is -2.13. The fourth-order valence-corrected chi connectivity index (χ4v) is 3.68. The van der Waals surface area contributed by atoms with Crippen molar-refractivity contribution in [3.63, 3.8) is 0 Å². The van der Waals surface area contributed by atoms with E-state index < -0.39 is 11.6 Å². The Morgan fingerprint density at radius 3 is 2.61 bits per heavy atom. The van der Waals surface area contributed by atoms with Crippen molar-refractivity contribution in [2.24, 2.45) is 0 Å². The first-order valence-corrected chi connectivity index (χ1v) is 9.07. The minimum absolute atomic E-state index is 0.0416.